The lowest BCUT2D eigenvalue weighted by Crippen LogP contribution is -1.94. The van der Waals surface area contributed by atoms with Gasteiger partial charge in [0.15, 0.2) is 0 Å². The number of carboxylic acid groups (broad SMARTS) is 1. The standard InChI is InChI=1S/C12H15NO3S/c1-2-16-9-5-6-10(13)11(8-9)17-7-3-4-12(14)15/h3-6,8H,2,7,13H2,1H3,(H,14,15). The van der Waals surface area contributed by atoms with Crippen LogP contribution in [0.3, 0.4) is 0 Å². The van der Waals surface area contributed by atoms with E-state index < -0.39 is 5.97 Å². The van der Waals surface area contributed by atoms with E-state index in [-0.39, 0.29) is 0 Å². The first-order chi connectivity index (χ1) is 8.13. The topological polar surface area (TPSA) is 72.5 Å². The number of anilines is 1. The number of nitrogens with two attached hydrogens (primary N) is 1. The first-order valence-corrected chi connectivity index (χ1v) is 6.16. The Hall–Kier alpha value is -1.62. The van der Waals surface area contributed by atoms with E-state index >= 15 is 0 Å². The molecule has 92 valence electrons. The van der Waals surface area contributed by atoms with E-state index in [2.05, 4.69) is 0 Å². The van der Waals surface area contributed by atoms with Gasteiger partial charge in [-0.3, -0.25) is 0 Å². The number of nitrogen functional groups attached to an aromatic ring is 1. The van der Waals surface area contributed by atoms with Gasteiger partial charge in [0.25, 0.3) is 0 Å². The third kappa shape index (κ3) is 4.82. The molecule has 17 heavy (non-hydrogen) atoms. The predicted molar refractivity (Wildman–Crippen MR) is 69.5 cm³/mol. The average Bonchev–Trinajstić information content (AvgIpc) is 2.28. The van der Waals surface area contributed by atoms with Crippen molar-refractivity contribution < 1.29 is 14.6 Å². The van der Waals surface area contributed by atoms with Crippen molar-refractivity contribution in [3.63, 3.8) is 0 Å². The molecule has 0 aliphatic rings. The van der Waals surface area contributed by atoms with Crippen LogP contribution in [-0.2, 0) is 4.79 Å². The van der Waals surface area contributed by atoms with Gasteiger partial charge in [0.05, 0.1) is 6.61 Å². The Morgan fingerprint density at radius 2 is 2.35 bits per heavy atom. The average molecular weight is 253 g/mol. The second kappa shape index (κ2) is 6.85. The van der Waals surface area contributed by atoms with E-state index in [1.54, 1.807) is 12.1 Å². The van der Waals surface area contributed by atoms with Crippen molar-refractivity contribution in [3.05, 3.63) is 30.4 Å². The molecule has 0 aliphatic heterocycles. The summed E-state index contributed by atoms with van der Waals surface area (Å²) >= 11 is 1.47. The molecule has 0 atom stereocenters. The van der Waals surface area contributed by atoms with E-state index in [0.29, 0.717) is 18.0 Å². The normalized spacial score (nSPS) is 10.6. The lowest BCUT2D eigenvalue weighted by Gasteiger charge is -2.07. The summed E-state index contributed by atoms with van der Waals surface area (Å²) in [7, 11) is 0. The second-order valence-corrected chi connectivity index (χ2v) is 4.25. The first-order valence-electron chi connectivity index (χ1n) is 5.18. The predicted octanol–water partition coefficient (Wildman–Crippen LogP) is 2.40. The number of carbonyl (C=O) groups is 1. The number of rotatable bonds is 6. The van der Waals surface area contributed by atoms with Crippen molar-refractivity contribution in [1.82, 2.24) is 0 Å². The maximum atomic E-state index is 10.3. The Labute approximate surface area is 104 Å². The minimum absolute atomic E-state index is 0.562. The number of benzene rings is 1. The molecule has 5 heteroatoms. The van der Waals surface area contributed by atoms with E-state index in [4.69, 9.17) is 15.6 Å². The molecule has 1 rings (SSSR count). The molecule has 0 saturated carbocycles. The minimum atomic E-state index is -0.943. The van der Waals surface area contributed by atoms with E-state index in [1.165, 1.54) is 11.8 Å². The van der Waals surface area contributed by atoms with Gasteiger partial charge in [0.1, 0.15) is 5.75 Å². The number of thioether (sulfide) groups is 1. The van der Waals surface area contributed by atoms with Gasteiger partial charge in [-0.2, -0.15) is 0 Å². The fourth-order valence-electron chi connectivity index (χ4n) is 1.18. The molecule has 0 radical (unpaired) electrons. The SMILES string of the molecule is CCOc1ccc(N)c(SCC=CC(=O)O)c1. The lowest BCUT2D eigenvalue weighted by atomic mass is 10.3. The fraction of sp³-hybridized carbons (Fsp3) is 0.250. The van der Waals surface area contributed by atoms with Crippen molar-refractivity contribution in [3.8, 4) is 5.75 Å². The van der Waals surface area contributed by atoms with Crippen LogP contribution in [0.4, 0.5) is 5.69 Å². The fourth-order valence-corrected chi connectivity index (χ4v) is 1.99. The Morgan fingerprint density at radius 3 is 3.00 bits per heavy atom. The summed E-state index contributed by atoms with van der Waals surface area (Å²) < 4.78 is 5.37. The lowest BCUT2D eigenvalue weighted by molar-refractivity contribution is -0.131. The zero-order valence-corrected chi connectivity index (χ0v) is 10.4. The van der Waals surface area contributed by atoms with Crippen LogP contribution in [0, 0.1) is 0 Å². The summed E-state index contributed by atoms with van der Waals surface area (Å²) in [6.45, 7) is 2.52. The largest absolute Gasteiger partial charge is 0.494 e. The molecule has 0 aromatic heterocycles. The maximum Gasteiger partial charge on any atom is 0.328 e. The van der Waals surface area contributed by atoms with Gasteiger partial charge in [0, 0.05) is 22.4 Å². The number of aliphatic carboxylic acids is 1. The Morgan fingerprint density at radius 1 is 1.59 bits per heavy atom. The summed E-state index contributed by atoms with van der Waals surface area (Å²) in [4.78, 5) is 11.2. The van der Waals surface area contributed by atoms with Crippen LogP contribution in [0.2, 0.25) is 0 Å². The summed E-state index contributed by atoms with van der Waals surface area (Å²) in [6.07, 6.45) is 2.70. The third-order valence-corrected chi connectivity index (χ3v) is 2.92. The number of hydrogen-bond acceptors (Lipinski definition) is 4. The highest BCUT2D eigenvalue weighted by Gasteiger charge is 2.01. The quantitative estimate of drug-likeness (QED) is 0.462. The summed E-state index contributed by atoms with van der Waals surface area (Å²) in [6, 6.07) is 5.46. The summed E-state index contributed by atoms with van der Waals surface area (Å²) in [5.74, 6) is 0.388. The summed E-state index contributed by atoms with van der Waals surface area (Å²) in [5, 5.41) is 8.44. The molecule has 0 unspecified atom stereocenters. The highest BCUT2D eigenvalue weighted by atomic mass is 32.2. The number of hydrogen-bond donors (Lipinski definition) is 2. The maximum absolute atomic E-state index is 10.3. The Bertz CT molecular complexity index is 418. The van der Waals surface area contributed by atoms with E-state index in [0.717, 1.165) is 16.7 Å². The van der Waals surface area contributed by atoms with Crippen LogP contribution in [0.25, 0.3) is 0 Å². The van der Waals surface area contributed by atoms with E-state index in [9.17, 15) is 4.79 Å². The van der Waals surface area contributed by atoms with Crippen LogP contribution in [0.5, 0.6) is 5.75 Å². The molecular formula is C12H15NO3S. The molecule has 0 bridgehead atoms. The van der Waals surface area contributed by atoms with Gasteiger partial charge in [-0.15, -0.1) is 11.8 Å². The van der Waals surface area contributed by atoms with Gasteiger partial charge in [-0.1, -0.05) is 6.08 Å². The molecule has 0 amide bonds. The molecule has 0 heterocycles. The van der Waals surface area contributed by atoms with Gasteiger partial charge in [0.2, 0.25) is 0 Å². The van der Waals surface area contributed by atoms with Gasteiger partial charge in [-0.25, -0.2) is 4.79 Å². The molecule has 1 aromatic carbocycles. The molecule has 3 N–H and O–H groups in total. The molecule has 0 aliphatic carbocycles. The second-order valence-electron chi connectivity index (χ2n) is 3.18. The summed E-state index contributed by atoms with van der Waals surface area (Å²) in [5.41, 5.74) is 6.48. The number of carboxylic acids is 1. The van der Waals surface area contributed by atoms with Crippen molar-refractivity contribution >= 4 is 23.4 Å². The molecule has 0 saturated heterocycles. The molecule has 0 fully saturated rings. The van der Waals surface area contributed by atoms with Crippen molar-refractivity contribution in [2.75, 3.05) is 18.1 Å². The van der Waals surface area contributed by atoms with E-state index in [1.807, 2.05) is 19.1 Å². The van der Waals surface area contributed by atoms with Crippen LogP contribution < -0.4 is 10.5 Å². The highest BCUT2D eigenvalue weighted by molar-refractivity contribution is 7.99. The van der Waals surface area contributed by atoms with Crippen LogP contribution in [0.15, 0.2) is 35.2 Å². The van der Waals surface area contributed by atoms with Crippen molar-refractivity contribution in [2.24, 2.45) is 0 Å². The Balaban J connectivity index is 2.62. The van der Waals surface area contributed by atoms with Crippen LogP contribution in [0.1, 0.15) is 6.92 Å². The zero-order chi connectivity index (χ0) is 12.7. The highest BCUT2D eigenvalue weighted by Crippen LogP contribution is 2.29. The number of ether oxygens (including phenoxy) is 1. The Kier molecular flexibility index (Phi) is 5.42. The molecule has 0 spiro atoms. The van der Waals surface area contributed by atoms with Crippen LogP contribution >= 0.6 is 11.8 Å². The monoisotopic (exact) mass is 253 g/mol. The first kappa shape index (κ1) is 13.4. The van der Waals surface area contributed by atoms with Gasteiger partial charge >= 0.3 is 5.97 Å². The third-order valence-electron chi connectivity index (χ3n) is 1.89. The molecule has 4 nitrogen and oxygen atoms in total. The zero-order valence-electron chi connectivity index (χ0n) is 9.55. The van der Waals surface area contributed by atoms with Gasteiger partial charge < -0.3 is 15.6 Å². The molecule has 1 aromatic rings. The van der Waals surface area contributed by atoms with Crippen LogP contribution in [-0.4, -0.2) is 23.4 Å². The molecular weight excluding hydrogens is 238 g/mol. The smallest absolute Gasteiger partial charge is 0.328 e. The minimum Gasteiger partial charge on any atom is -0.494 e. The van der Waals surface area contributed by atoms with Gasteiger partial charge in [-0.05, 0) is 25.1 Å². The van der Waals surface area contributed by atoms with Crippen molar-refractivity contribution in [2.45, 2.75) is 11.8 Å². The van der Waals surface area contributed by atoms with Crippen molar-refractivity contribution in [1.29, 1.82) is 0 Å².